The normalized spacial score (nSPS) is 12.6. The van der Waals surface area contributed by atoms with Gasteiger partial charge in [-0.1, -0.05) is 30.7 Å². The molecule has 1 unspecified atom stereocenters. The van der Waals surface area contributed by atoms with Gasteiger partial charge in [-0.2, -0.15) is 0 Å². The predicted molar refractivity (Wildman–Crippen MR) is 108 cm³/mol. The minimum Gasteiger partial charge on any atom is -0.396 e. The molecule has 3 aromatic rings. The number of nitrogens with zero attached hydrogens (tertiary/aromatic N) is 4. The van der Waals surface area contributed by atoms with E-state index in [0.717, 1.165) is 10.1 Å². The molecule has 8 nitrogen and oxygen atoms in total. The maximum absolute atomic E-state index is 13.1. The van der Waals surface area contributed by atoms with Gasteiger partial charge in [-0.3, -0.25) is 18.1 Å². The highest BCUT2D eigenvalue weighted by Crippen LogP contribution is 2.18. The number of aryl methyl sites for hydroxylation is 1. The standard InChI is InChI=1S/C18H21ClN4O4S/c1-3-28(27)17-20-15-14(23(17)11-12-5-7-13(19)8-6-12)16(25)22(9-4-10-24)18(26)21(15)2/h5-8,24H,3-4,9-11H2,1-2H3. The highest BCUT2D eigenvalue weighted by Gasteiger charge is 2.22. The Labute approximate surface area is 168 Å². The summed E-state index contributed by atoms with van der Waals surface area (Å²) < 4.78 is 16.6. The van der Waals surface area contributed by atoms with Crippen LogP contribution in [0.4, 0.5) is 0 Å². The first-order chi connectivity index (χ1) is 13.4. The van der Waals surface area contributed by atoms with Gasteiger partial charge < -0.3 is 9.67 Å². The lowest BCUT2D eigenvalue weighted by atomic mass is 10.2. The molecule has 150 valence electrons. The summed E-state index contributed by atoms with van der Waals surface area (Å²) in [7, 11) is 0.100. The summed E-state index contributed by atoms with van der Waals surface area (Å²) in [5.74, 6) is 0.330. The molecule has 0 saturated carbocycles. The Morgan fingerprint density at radius 1 is 1.18 bits per heavy atom. The van der Waals surface area contributed by atoms with E-state index in [4.69, 9.17) is 16.7 Å². The summed E-state index contributed by atoms with van der Waals surface area (Å²) in [5, 5.41) is 9.92. The Hall–Kier alpha value is -2.23. The van der Waals surface area contributed by atoms with E-state index in [0.29, 0.717) is 10.8 Å². The maximum Gasteiger partial charge on any atom is 0.332 e. The Morgan fingerprint density at radius 2 is 1.86 bits per heavy atom. The summed E-state index contributed by atoms with van der Waals surface area (Å²) in [5.41, 5.74) is 0.240. The van der Waals surface area contributed by atoms with Gasteiger partial charge in [0.25, 0.3) is 5.56 Å². The molecule has 1 aromatic carbocycles. The van der Waals surface area contributed by atoms with Crippen molar-refractivity contribution < 1.29 is 9.32 Å². The van der Waals surface area contributed by atoms with Gasteiger partial charge in [0.2, 0.25) is 5.16 Å². The molecule has 0 aliphatic heterocycles. The molecule has 0 aliphatic rings. The first-order valence-electron chi connectivity index (χ1n) is 8.82. The van der Waals surface area contributed by atoms with Crippen LogP contribution in [0.3, 0.4) is 0 Å². The molecule has 10 heteroatoms. The molecule has 3 rings (SSSR count). The van der Waals surface area contributed by atoms with E-state index in [1.165, 1.54) is 11.6 Å². The van der Waals surface area contributed by atoms with Crippen LogP contribution in [0, 0.1) is 0 Å². The fraction of sp³-hybridized carbons (Fsp3) is 0.389. The summed E-state index contributed by atoms with van der Waals surface area (Å²) in [6.07, 6.45) is 0.278. The second kappa shape index (κ2) is 8.42. The number of halogens is 1. The summed E-state index contributed by atoms with van der Waals surface area (Å²) in [6.45, 7) is 1.99. The highest BCUT2D eigenvalue weighted by molar-refractivity contribution is 7.84. The van der Waals surface area contributed by atoms with E-state index in [1.54, 1.807) is 23.6 Å². The molecule has 0 saturated heterocycles. The van der Waals surface area contributed by atoms with E-state index in [2.05, 4.69) is 4.98 Å². The third kappa shape index (κ3) is 3.69. The largest absolute Gasteiger partial charge is 0.396 e. The van der Waals surface area contributed by atoms with Gasteiger partial charge in [0, 0.05) is 31.0 Å². The van der Waals surface area contributed by atoms with Gasteiger partial charge in [0.15, 0.2) is 11.2 Å². The van der Waals surface area contributed by atoms with Crippen molar-refractivity contribution >= 4 is 33.6 Å². The highest BCUT2D eigenvalue weighted by atomic mass is 35.5. The Morgan fingerprint density at radius 3 is 2.46 bits per heavy atom. The number of imidazole rings is 1. The Balaban J connectivity index is 2.30. The smallest absolute Gasteiger partial charge is 0.332 e. The number of aliphatic hydroxyl groups excluding tert-OH is 1. The third-order valence-corrected chi connectivity index (χ3v) is 5.95. The molecule has 1 N–H and O–H groups in total. The van der Waals surface area contributed by atoms with Crippen LogP contribution in [-0.4, -0.2) is 40.4 Å². The maximum atomic E-state index is 13.1. The van der Waals surface area contributed by atoms with Gasteiger partial charge in [-0.05, 0) is 24.1 Å². The van der Waals surface area contributed by atoms with E-state index >= 15 is 0 Å². The van der Waals surface area contributed by atoms with Crippen LogP contribution >= 0.6 is 11.6 Å². The molecular weight excluding hydrogens is 404 g/mol. The summed E-state index contributed by atoms with van der Waals surface area (Å²) in [4.78, 5) is 30.0. The second-order valence-corrected chi connectivity index (χ2v) is 8.36. The number of aromatic nitrogens is 4. The van der Waals surface area contributed by atoms with Crippen molar-refractivity contribution in [2.24, 2.45) is 7.05 Å². The molecule has 2 heterocycles. The van der Waals surface area contributed by atoms with Crippen molar-refractivity contribution in [2.45, 2.75) is 31.6 Å². The second-order valence-electron chi connectivity index (χ2n) is 6.29. The lowest BCUT2D eigenvalue weighted by Crippen LogP contribution is -2.40. The van der Waals surface area contributed by atoms with E-state index in [-0.39, 0.29) is 42.4 Å². The lowest BCUT2D eigenvalue weighted by Gasteiger charge is -2.11. The number of aliphatic hydroxyl groups is 1. The topological polar surface area (TPSA) is 99.1 Å². The molecule has 28 heavy (non-hydrogen) atoms. The molecule has 0 aliphatic carbocycles. The fourth-order valence-corrected chi connectivity index (χ4v) is 3.97. The fourth-order valence-electron chi connectivity index (χ4n) is 3.00. The summed E-state index contributed by atoms with van der Waals surface area (Å²) in [6, 6.07) is 7.11. The van der Waals surface area contributed by atoms with Crippen LogP contribution in [0.1, 0.15) is 18.9 Å². The number of hydrogen-bond donors (Lipinski definition) is 1. The minimum atomic E-state index is -1.43. The van der Waals surface area contributed by atoms with Gasteiger partial charge >= 0.3 is 5.69 Å². The number of rotatable bonds is 7. The van der Waals surface area contributed by atoms with Crippen LogP contribution in [-0.2, 0) is 30.9 Å². The quantitative estimate of drug-likeness (QED) is 0.612. The SMILES string of the molecule is CCS(=O)c1nc2c(c(=O)n(CCCO)c(=O)n2C)n1Cc1ccc(Cl)cc1. The molecule has 1 atom stereocenters. The predicted octanol–water partition coefficient (Wildman–Crippen LogP) is 1.11. The number of hydrogen-bond acceptors (Lipinski definition) is 5. The van der Waals surface area contributed by atoms with Crippen molar-refractivity contribution in [1.29, 1.82) is 0 Å². The van der Waals surface area contributed by atoms with Crippen molar-refractivity contribution in [2.75, 3.05) is 12.4 Å². The zero-order valence-corrected chi connectivity index (χ0v) is 17.2. The van der Waals surface area contributed by atoms with Crippen LogP contribution in [0.2, 0.25) is 5.02 Å². The van der Waals surface area contributed by atoms with E-state index in [9.17, 15) is 13.8 Å². The minimum absolute atomic E-state index is 0.0935. The average molecular weight is 425 g/mol. The van der Waals surface area contributed by atoms with Crippen LogP contribution in [0.15, 0.2) is 39.0 Å². The Kier molecular flexibility index (Phi) is 6.17. The average Bonchev–Trinajstić information content (AvgIpc) is 3.07. The van der Waals surface area contributed by atoms with Gasteiger partial charge in [-0.25, -0.2) is 9.78 Å². The van der Waals surface area contributed by atoms with Crippen LogP contribution in [0.5, 0.6) is 0 Å². The van der Waals surface area contributed by atoms with Crippen LogP contribution in [0.25, 0.3) is 11.2 Å². The molecule has 0 radical (unpaired) electrons. The Bertz CT molecular complexity index is 1150. The van der Waals surface area contributed by atoms with Crippen molar-refractivity contribution in [3.8, 4) is 0 Å². The monoisotopic (exact) mass is 424 g/mol. The molecule has 0 fully saturated rings. The zero-order valence-electron chi connectivity index (χ0n) is 15.6. The van der Waals surface area contributed by atoms with Gasteiger partial charge in [0.05, 0.1) is 17.3 Å². The van der Waals surface area contributed by atoms with Crippen molar-refractivity contribution in [1.82, 2.24) is 18.7 Å². The van der Waals surface area contributed by atoms with Crippen LogP contribution < -0.4 is 11.2 Å². The molecule has 2 aromatic heterocycles. The van der Waals surface area contributed by atoms with E-state index < -0.39 is 22.0 Å². The molecular formula is C18H21ClN4O4S. The first-order valence-corrected chi connectivity index (χ1v) is 10.5. The number of benzene rings is 1. The summed E-state index contributed by atoms with van der Waals surface area (Å²) >= 11 is 5.95. The van der Waals surface area contributed by atoms with Gasteiger partial charge in [0.1, 0.15) is 0 Å². The molecule has 0 amide bonds. The third-order valence-electron chi connectivity index (χ3n) is 4.46. The molecule has 0 bridgehead atoms. The number of fused-ring (bicyclic) bond motifs is 1. The van der Waals surface area contributed by atoms with Crippen molar-refractivity contribution in [3.63, 3.8) is 0 Å². The van der Waals surface area contributed by atoms with E-state index in [1.807, 2.05) is 12.1 Å². The van der Waals surface area contributed by atoms with Gasteiger partial charge in [-0.15, -0.1) is 0 Å². The zero-order chi connectivity index (χ0) is 20.4. The molecule has 0 spiro atoms. The lowest BCUT2D eigenvalue weighted by molar-refractivity contribution is 0.277. The van der Waals surface area contributed by atoms with Crippen molar-refractivity contribution in [3.05, 3.63) is 55.7 Å². The first kappa shape index (κ1) is 20.5.